The van der Waals surface area contributed by atoms with E-state index in [1.54, 1.807) is 24.3 Å². The van der Waals surface area contributed by atoms with Gasteiger partial charge in [0.1, 0.15) is 22.9 Å². The standard InChI is InChI=1S/C18H16F2N2O3/c1-18(13-9-12(19)7-8-14(13)20)16(23)22(17(24)21-18)10-11-5-3-4-6-15(11)25-2/h3-9H,10H2,1-2H3,(H,21,24)/t18-/m0/s1. The van der Waals surface area contributed by atoms with Crippen LogP contribution in [0.4, 0.5) is 13.6 Å². The number of ether oxygens (including phenoxy) is 1. The summed E-state index contributed by atoms with van der Waals surface area (Å²) in [5, 5.41) is 2.46. The number of nitrogens with zero attached hydrogens (tertiary/aromatic N) is 1. The van der Waals surface area contributed by atoms with Gasteiger partial charge in [-0.25, -0.2) is 13.6 Å². The third kappa shape index (κ3) is 2.82. The molecule has 130 valence electrons. The summed E-state index contributed by atoms with van der Waals surface area (Å²) in [5.41, 5.74) is -1.27. The second-order valence-corrected chi connectivity index (χ2v) is 5.88. The maximum Gasteiger partial charge on any atom is 0.325 e. The van der Waals surface area contributed by atoms with Gasteiger partial charge in [0.15, 0.2) is 0 Å². The molecule has 1 saturated heterocycles. The summed E-state index contributed by atoms with van der Waals surface area (Å²) in [6.07, 6.45) is 0. The molecule has 7 heteroatoms. The largest absolute Gasteiger partial charge is 0.496 e. The summed E-state index contributed by atoms with van der Waals surface area (Å²) in [6.45, 7) is 1.31. The highest BCUT2D eigenvalue weighted by Gasteiger charge is 2.50. The Labute approximate surface area is 143 Å². The van der Waals surface area contributed by atoms with Crippen LogP contribution in [-0.2, 0) is 16.9 Å². The molecule has 1 aliphatic rings. The molecule has 0 unspecified atom stereocenters. The van der Waals surface area contributed by atoms with Crippen LogP contribution in [0.3, 0.4) is 0 Å². The molecule has 1 aliphatic heterocycles. The van der Waals surface area contributed by atoms with Crippen molar-refractivity contribution in [1.29, 1.82) is 0 Å². The number of methoxy groups -OCH3 is 1. The molecule has 0 aliphatic carbocycles. The monoisotopic (exact) mass is 346 g/mol. The van der Waals surface area contributed by atoms with Crippen LogP contribution in [0, 0.1) is 11.6 Å². The van der Waals surface area contributed by atoms with E-state index in [9.17, 15) is 18.4 Å². The third-order valence-electron chi connectivity index (χ3n) is 4.26. The average Bonchev–Trinajstić information content (AvgIpc) is 2.81. The first-order chi connectivity index (χ1) is 11.9. The fraction of sp³-hybridized carbons (Fsp3) is 0.222. The van der Waals surface area contributed by atoms with Gasteiger partial charge in [-0.15, -0.1) is 0 Å². The Morgan fingerprint density at radius 3 is 2.60 bits per heavy atom. The fourth-order valence-corrected chi connectivity index (χ4v) is 2.91. The first kappa shape index (κ1) is 16.9. The lowest BCUT2D eigenvalue weighted by atomic mass is 9.91. The quantitative estimate of drug-likeness (QED) is 0.866. The minimum absolute atomic E-state index is 0.0405. The highest BCUT2D eigenvalue weighted by Crippen LogP contribution is 2.32. The molecule has 1 N–H and O–H groups in total. The van der Waals surface area contributed by atoms with Crippen LogP contribution >= 0.6 is 0 Å². The molecule has 0 radical (unpaired) electrons. The Morgan fingerprint density at radius 1 is 1.16 bits per heavy atom. The van der Waals surface area contributed by atoms with Crippen LogP contribution in [0.5, 0.6) is 5.75 Å². The Hall–Kier alpha value is -2.96. The van der Waals surface area contributed by atoms with Crippen LogP contribution in [0.2, 0.25) is 0 Å². The summed E-state index contributed by atoms with van der Waals surface area (Å²) in [4.78, 5) is 26.1. The number of rotatable bonds is 4. The molecule has 5 nitrogen and oxygen atoms in total. The lowest BCUT2D eigenvalue weighted by molar-refractivity contribution is -0.131. The highest BCUT2D eigenvalue weighted by molar-refractivity contribution is 6.07. The first-order valence-corrected chi connectivity index (χ1v) is 7.58. The molecule has 1 fully saturated rings. The molecule has 0 aromatic heterocycles. The summed E-state index contributed by atoms with van der Waals surface area (Å²) < 4.78 is 32.9. The van der Waals surface area contributed by atoms with Crippen molar-refractivity contribution in [1.82, 2.24) is 10.2 Å². The zero-order valence-corrected chi connectivity index (χ0v) is 13.7. The van der Waals surface area contributed by atoms with E-state index < -0.39 is 29.1 Å². The Kier molecular flexibility index (Phi) is 4.16. The predicted molar refractivity (Wildman–Crippen MR) is 85.8 cm³/mol. The van der Waals surface area contributed by atoms with E-state index in [1.165, 1.54) is 14.0 Å². The normalized spacial score (nSPS) is 19.9. The number of halogens is 2. The van der Waals surface area contributed by atoms with Crippen LogP contribution < -0.4 is 10.1 Å². The molecule has 0 bridgehead atoms. The molecular weight excluding hydrogens is 330 g/mol. The van der Waals surface area contributed by atoms with Gasteiger partial charge in [-0.2, -0.15) is 0 Å². The minimum Gasteiger partial charge on any atom is -0.496 e. The summed E-state index contributed by atoms with van der Waals surface area (Å²) in [7, 11) is 1.48. The number of para-hydroxylation sites is 1. The molecule has 25 heavy (non-hydrogen) atoms. The highest BCUT2D eigenvalue weighted by atomic mass is 19.1. The number of hydrogen-bond acceptors (Lipinski definition) is 3. The Morgan fingerprint density at radius 2 is 1.88 bits per heavy atom. The van der Waals surface area contributed by atoms with Gasteiger partial charge in [0.2, 0.25) is 0 Å². The van der Waals surface area contributed by atoms with Crippen molar-refractivity contribution in [2.45, 2.75) is 19.0 Å². The first-order valence-electron chi connectivity index (χ1n) is 7.58. The van der Waals surface area contributed by atoms with Crippen LogP contribution in [0.25, 0.3) is 0 Å². The molecular formula is C18H16F2N2O3. The maximum absolute atomic E-state index is 14.1. The number of nitrogens with one attached hydrogen (secondary N) is 1. The number of amides is 3. The SMILES string of the molecule is COc1ccccc1CN1C(=O)N[C@@](C)(c2cc(F)ccc2F)C1=O. The minimum atomic E-state index is -1.68. The molecule has 1 heterocycles. The van der Waals surface area contributed by atoms with Gasteiger partial charge in [-0.3, -0.25) is 9.69 Å². The number of imide groups is 1. The fourth-order valence-electron chi connectivity index (χ4n) is 2.91. The number of urea groups is 1. The van der Waals surface area contributed by atoms with Crippen molar-refractivity contribution in [3.05, 3.63) is 65.2 Å². The lowest BCUT2D eigenvalue weighted by Gasteiger charge is -2.23. The van der Waals surface area contributed by atoms with E-state index >= 15 is 0 Å². The Balaban J connectivity index is 1.96. The molecule has 2 aromatic rings. The van der Waals surface area contributed by atoms with Gasteiger partial charge in [0, 0.05) is 11.1 Å². The smallest absolute Gasteiger partial charge is 0.325 e. The van der Waals surface area contributed by atoms with Crippen molar-refractivity contribution in [2.75, 3.05) is 7.11 Å². The summed E-state index contributed by atoms with van der Waals surface area (Å²) in [6, 6.07) is 9.07. The third-order valence-corrected chi connectivity index (χ3v) is 4.26. The van der Waals surface area contributed by atoms with Gasteiger partial charge < -0.3 is 10.1 Å². The lowest BCUT2D eigenvalue weighted by Crippen LogP contribution is -2.41. The van der Waals surface area contributed by atoms with Crippen molar-refractivity contribution < 1.29 is 23.1 Å². The van der Waals surface area contributed by atoms with Crippen LogP contribution in [0.15, 0.2) is 42.5 Å². The van der Waals surface area contributed by atoms with E-state index in [-0.39, 0.29) is 12.1 Å². The van der Waals surface area contributed by atoms with Gasteiger partial charge in [0.25, 0.3) is 5.91 Å². The molecule has 2 aromatic carbocycles. The zero-order valence-electron chi connectivity index (χ0n) is 13.7. The van der Waals surface area contributed by atoms with Crippen molar-refractivity contribution >= 4 is 11.9 Å². The van der Waals surface area contributed by atoms with Crippen molar-refractivity contribution in [3.8, 4) is 5.75 Å². The molecule has 3 amide bonds. The van der Waals surface area contributed by atoms with Gasteiger partial charge >= 0.3 is 6.03 Å². The second-order valence-electron chi connectivity index (χ2n) is 5.88. The van der Waals surface area contributed by atoms with Gasteiger partial charge in [-0.05, 0) is 31.2 Å². The molecule has 1 atom stereocenters. The number of carbonyl (C=O) groups is 2. The number of hydrogen-bond donors (Lipinski definition) is 1. The number of carbonyl (C=O) groups excluding carboxylic acids is 2. The van der Waals surface area contributed by atoms with E-state index in [4.69, 9.17) is 4.74 Å². The topological polar surface area (TPSA) is 58.6 Å². The van der Waals surface area contributed by atoms with Crippen LogP contribution in [0.1, 0.15) is 18.1 Å². The number of benzene rings is 2. The van der Waals surface area contributed by atoms with E-state index in [2.05, 4.69) is 5.32 Å². The van der Waals surface area contributed by atoms with Crippen molar-refractivity contribution in [2.24, 2.45) is 0 Å². The van der Waals surface area contributed by atoms with Gasteiger partial charge in [0.05, 0.1) is 13.7 Å². The predicted octanol–water partition coefficient (Wildman–Crippen LogP) is 2.94. The Bertz CT molecular complexity index is 856. The van der Waals surface area contributed by atoms with Gasteiger partial charge in [-0.1, -0.05) is 18.2 Å². The molecule has 0 saturated carbocycles. The van der Waals surface area contributed by atoms with Crippen molar-refractivity contribution in [3.63, 3.8) is 0 Å². The molecule has 0 spiro atoms. The van der Waals surface area contributed by atoms with E-state index in [0.29, 0.717) is 11.3 Å². The molecule has 3 rings (SSSR count). The van der Waals surface area contributed by atoms with E-state index in [1.807, 2.05) is 0 Å². The summed E-state index contributed by atoms with van der Waals surface area (Å²) >= 11 is 0. The second kappa shape index (κ2) is 6.16. The average molecular weight is 346 g/mol. The van der Waals surface area contributed by atoms with Crippen LogP contribution in [-0.4, -0.2) is 23.9 Å². The zero-order chi connectivity index (χ0) is 18.2. The maximum atomic E-state index is 14.1. The van der Waals surface area contributed by atoms with E-state index in [0.717, 1.165) is 23.1 Å². The summed E-state index contributed by atoms with van der Waals surface area (Å²) in [5.74, 6) is -1.60.